The number of nitrogens with two attached hydrogens (primary N) is 1. The summed E-state index contributed by atoms with van der Waals surface area (Å²) >= 11 is 0. The molecule has 188 valence electrons. The number of nitrogens with zero attached hydrogens (tertiary/aromatic N) is 4. The molecule has 0 radical (unpaired) electrons. The average molecular weight is 490 g/mol. The number of ether oxygens (including phenoxy) is 3. The fourth-order valence-electron chi connectivity index (χ4n) is 4.95. The minimum atomic E-state index is -1.82. The van der Waals surface area contributed by atoms with E-state index >= 15 is 0 Å². The van der Waals surface area contributed by atoms with Crippen LogP contribution in [0, 0.1) is 45.3 Å². The van der Waals surface area contributed by atoms with E-state index in [4.69, 9.17) is 19.9 Å². The summed E-state index contributed by atoms with van der Waals surface area (Å²) < 4.78 is 16.7. The van der Waals surface area contributed by atoms with Gasteiger partial charge < -0.3 is 24.8 Å². The molecule has 1 aliphatic carbocycles. The molecule has 3 rings (SSSR count). The van der Waals surface area contributed by atoms with Gasteiger partial charge in [0.1, 0.15) is 6.07 Å². The van der Waals surface area contributed by atoms with Crippen molar-refractivity contribution in [1.29, 1.82) is 15.8 Å². The number of fused-ring (bicyclic) bond motifs is 1. The third-order valence-corrected chi connectivity index (χ3v) is 6.74. The van der Waals surface area contributed by atoms with Gasteiger partial charge in [-0.2, -0.15) is 15.8 Å². The Balaban J connectivity index is 2.13. The van der Waals surface area contributed by atoms with Gasteiger partial charge in [0, 0.05) is 24.9 Å². The average Bonchev–Trinajstić information content (AvgIpc) is 2.90. The highest BCUT2D eigenvalue weighted by Crippen LogP contribution is 2.54. The molecule has 2 N–H and O–H groups in total. The number of nitriles is 3. The maximum absolute atomic E-state index is 12.5. The lowest BCUT2D eigenvalue weighted by Crippen LogP contribution is -2.49. The van der Waals surface area contributed by atoms with Crippen molar-refractivity contribution in [3.8, 4) is 29.7 Å². The molecule has 1 aromatic carbocycles. The predicted molar refractivity (Wildman–Crippen MR) is 131 cm³/mol. The van der Waals surface area contributed by atoms with Crippen LogP contribution in [0.1, 0.15) is 44.6 Å². The first kappa shape index (κ1) is 26.4. The molecule has 1 aliphatic heterocycles. The molecule has 0 spiro atoms. The molecule has 0 fully saturated rings. The van der Waals surface area contributed by atoms with E-state index < -0.39 is 23.3 Å². The van der Waals surface area contributed by atoms with Gasteiger partial charge in [-0.15, -0.1) is 0 Å². The minimum absolute atomic E-state index is 0.0778. The molecule has 0 saturated carbocycles. The zero-order chi connectivity index (χ0) is 26.3. The van der Waals surface area contributed by atoms with Gasteiger partial charge >= 0.3 is 6.09 Å². The summed E-state index contributed by atoms with van der Waals surface area (Å²) in [6, 6.07) is 11.6. The van der Waals surface area contributed by atoms with Crippen molar-refractivity contribution in [2.24, 2.45) is 17.1 Å². The lowest BCUT2D eigenvalue weighted by atomic mass is 9.58. The second-order valence-electron chi connectivity index (χ2n) is 8.75. The highest BCUT2D eigenvalue weighted by molar-refractivity contribution is 5.69. The van der Waals surface area contributed by atoms with Crippen molar-refractivity contribution >= 4 is 6.09 Å². The van der Waals surface area contributed by atoms with Crippen LogP contribution < -0.4 is 15.2 Å². The van der Waals surface area contributed by atoms with Crippen LogP contribution in [0.15, 0.2) is 41.1 Å². The van der Waals surface area contributed by atoms with Gasteiger partial charge in [0.15, 0.2) is 16.9 Å². The van der Waals surface area contributed by atoms with Crippen molar-refractivity contribution < 1.29 is 19.0 Å². The van der Waals surface area contributed by atoms with E-state index in [0.717, 1.165) is 19.3 Å². The lowest BCUT2D eigenvalue weighted by molar-refractivity contribution is 0.0999. The molecule has 2 unspecified atom stereocenters. The fraction of sp³-hybridized carbons (Fsp3) is 0.481. The SMILES string of the molecule is CCCCCOc1ccc(C2C3CN(C(=O)OCC)CC=C3C(C#N)=C(N)C2(C#N)C#N)cc1OC. The van der Waals surface area contributed by atoms with E-state index in [2.05, 4.69) is 25.1 Å². The highest BCUT2D eigenvalue weighted by atomic mass is 16.6. The molecule has 0 saturated heterocycles. The summed E-state index contributed by atoms with van der Waals surface area (Å²) in [5, 5.41) is 30.4. The van der Waals surface area contributed by atoms with Gasteiger partial charge in [-0.1, -0.05) is 31.9 Å². The first-order valence-electron chi connectivity index (χ1n) is 12.1. The Morgan fingerprint density at radius 2 is 1.94 bits per heavy atom. The Morgan fingerprint density at radius 1 is 1.19 bits per heavy atom. The van der Waals surface area contributed by atoms with Crippen molar-refractivity contribution in [3.05, 3.63) is 46.7 Å². The maximum Gasteiger partial charge on any atom is 0.410 e. The Kier molecular flexibility index (Phi) is 8.46. The van der Waals surface area contributed by atoms with E-state index in [1.54, 1.807) is 31.2 Å². The van der Waals surface area contributed by atoms with Gasteiger partial charge in [0.05, 0.1) is 43.7 Å². The number of carbonyl (C=O) groups excluding carboxylic acids is 1. The lowest BCUT2D eigenvalue weighted by Gasteiger charge is -2.45. The van der Waals surface area contributed by atoms with E-state index in [-0.39, 0.29) is 31.0 Å². The number of unbranched alkanes of at least 4 members (excludes halogenated alkanes) is 2. The van der Waals surface area contributed by atoms with E-state index in [9.17, 15) is 20.6 Å². The smallest absolute Gasteiger partial charge is 0.410 e. The number of carbonyl (C=O) groups is 1. The maximum atomic E-state index is 12.5. The van der Waals surface area contributed by atoms with Crippen molar-refractivity contribution in [3.63, 3.8) is 0 Å². The second kappa shape index (κ2) is 11.5. The van der Waals surface area contributed by atoms with Crippen molar-refractivity contribution in [1.82, 2.24) is 4.90 Å². The number of hydrogen-bond acceptors (Lipinski definition) is 8. The monoisotopic (exact) mass is 489 g/mol. The van der Waals surface area contributed by atoms with Crippen LogP contribution in [-0.2, 0) is 4.74 Å². The van der Waals surface area contributed by atoms with Crippen LogP contribution in [0.2, 0.25) is 0 Å². The van der Waals surface area contributed by atoms with Crippen LogP contribution in [-0.4, -0.2) is 44.4 Å². The molecular formula is C27H31N5O4. The van der Waals surface area contributed by atoms with Gasteiger partial charge in [0.25, 0.3) is 0 Å². The van der Waals surface area contributed by atoms with Gasteiger partial charge in [-0.05, 0) is 36.6 Å². The molecule has 1 amide bonds. The Hall–Kier alpha value is -4.16. The molecular weight excluding hydrogens is 458 g/mol. The number of amides is 1. The van der Waals surface area contributed by atoms with E-state index in [0.29, 0.717) is 29.2 Å². The van der Waals surface area contributed by atoms with Crippen LogP contribution >= 0.6 is 0 Å². The molecule has 2 atom stereocenters. The zero-order valence-corrected chi connectivity index (χ0v) is 20.9. The molecule has 1 aromatic rings. The summed E-state index contributed by atoms with van der Waals surface area (Å²) in [6.45, 7) is 4.99. The summed E-state index contributed by atoms with van der Waals surface area (Å²) in [5.41, 5.74) is 5.84. The summed E-state index contributed by atoms with van der Waals surface area (Å²) in [4.78, 5) is 14.0. The van der Waals surface area contributed by atoms with Gasteiger partial charge in [0.2, 0.25) is 0 Å². The fourth-order valence-corrected chi connectivity index (χ4v) is 4.95. The van der Waals surface area contributed by atoms with E-state index in [1.807, 2.05) is 0 Å². The zero-order valence-electron chi connectivity index (χ0n) is 20.9. The van der Waals surface area contributed by atoms with Crippen molar-refractivity contribution in [2.75, 3.05) is 33.4 Å². The van der Waals surface area contributed by atoms with Crippen LogP contribution in [0.5, 0.6) is 11.5 Å². The molecule has 36 heavy (non-hydrogen) atoms. The summed E-state index contributed by atoms with van der Waals surface area (Å²) in [5.74, 6) is -0.283. The third kappa shape index (κ3) is 4.68. The Bertz CT molecular complexity index is 1170. The molecule has 1 heterocycles. The van der Waals surface area contributed by atoms with Crippen LogP contribution in [0.4, 0.5) is 4.79 Å². The first-order chi connectivity index (χ1) is 17.4. The number of rotatable bonds is 8. The Labute approximate surface area is 211 Å². The molecule has 9 nitrogen and oxygen atoms in total. The number of hydrogen-bond donors (Lipinski definition) is 1. The second-order valence-corrected chi connectivity index (χ2v) is 8.75. The van der Waals surface area contributed by atoms with Crippen molar-refractivity contribution in [2.45, 2.75) is 39.0 Å². The topological polar surface area (TPSA) is 145 Å². The van der Waals surface area contributed by atoms with Crippen LogP contribution in [0.3, 0.4) is 0 Å². The standard InChI is InChI=1S/C27H31N5O4/c1-4-6-7-12-36-22-9-8-18(13-23(22)34-3)24-21-15-32(26(33)35-5-2)11-10-19(21)20(14-28)25(31)27(24,16-29)17-30/h8-10,13,21,24H,4-7,11-12,15,31H2,1-3H3. The van der Waals surface area contributed by atoms with Gasteiger partial charge in [-0.3, -0.25) is 0 Å². The number of methoxy groups -OCH3 is 1. The minimum Gasteiger partial charge on any atom is -0.493 e. The highest BCUT2D eigenvalue weighted by Gasteiger charge is 2.55. The number of allylic oxidation sites excluding steroid dienone is 2. The quantitative estimate of drug-likeness (QED) is 0.536. The van der Waals surface area contributed by atoms with E-state index in [1.165, 1.54) is 12.0 Å². The molecule has 9 heteroatoms. The normalized spacial score (nSPS) is 20.2. The molecule has 0 aromatic heterocycles. The van der Waals surface area contributed by atoms with Gasteiger partial charge in [-0.25, -0.2) is 4.79 Å². The number of benzene rings is 1. The summed E-state index contributed by atoms with van der Waals surface area (Å²) in [6.07, 6.45) is 4.29. The third-order valence-electron chi connectivity index (χ3n) is 6.74. The Morgan fingerprint density at radius 3 is 2.56 bits per heavy atom. The first-order valence-corrected chi connectivity index (χ1v) is 12.1. The predicted octanol–water partition coefficient (Wildman–Crippen LogP) is 4.15. The molecule has 0 bridgehead atoms. The molecule has 2 aliphatic rings. The van der Waals surface area contributed by atoms with Crippen LogP contribution in [0.25, 0.3) is 0 Å². The summed E-state index contributed by atoms with van der Waals surface area (Å²) in [7, 11) is 1.53. The largest absolute Gasteiger partial charge is 0.493 e.